The molecule has 4 heteroatoms. The lowest BCUT2D eigenvalue weighted by Crippen LogP contribution is -2.07. The number of aryl methyl sites for hydroxylation is 1. The van der Waals surface area contributed by atoms with Gasteiger partial charge in [-0.25, -0.2) is 0 Å². The zero-order valence-corrected chi connectivity index (χ0v) is 12.9. The van der Waals surface area contributed by atoms with E-state index in [1.807, 2.05) is 24.3 Å². The zero-order valence-electron chi connectivity index (χ0n) is 11.3. The van der Waals surface area contributed by atoms with Crippen LogP contribution in [0.25, 0.3) is 0 Å². The molecule has 0 radical (unpaired) electrons. The highest BCUT2D eigenvalue weighted by atomic mass is 79.9. The van der Waals surface area contributed by atoms with Gasteiger partial charge in [-0.15, -0.1) is 0 Å². The second kappa shape index (κ2) is 5.37. The Hall–Kier alpha value is -1.68. The standard InChI is InChI=1S/C16H17BrN2O/c1-20-12-4-6-14(17)16(9-12)19-15-7-2-10-8-11(18)3-5-13(10)15/h3-6,8-9,15,19H,2,7,18H2,1H3. The summed E-state index contributed by atoms with van der Waals surface area (Å²) in [7, 11) is 1.68. The molecular formula is C16H17BrN2O. The van der Waals surface area contributed by atoms with Crippen LogP contribution in [0.5, 0.6) is 5.75 Å². The van der Waals surface area contributed by atoms with Crippen molar-refractivity contribution in [3.05, 3.63) is 52.0 Å². The molecule has 0 aliphatic heterocycles. The molecule has 0 spiro atoms. The predicted octanol–water partition coefficient (Wildman–Crippen LogP) is 4.14. The summed E-state index contributed by atoms with van der Waals surface area (Å²) in [4.78, 5) is 0. The smallest absolute Gasteiger partial charge is 0.121 e. The Morgan fingerprint density at radius 3 is 2.90 bits per heavy atom. The number of nitrogens with two attached hydrogens (primary N) is 1. The van der Waals surface area contributed by atoms with Crippen molar-refractivity contribution < 1.29 is 4.74 Å². The number of ether oxygens (including phenoxy) is 1. The van der Waals surface area contributed by atoms with E-state index in [-0.39, 0.29) is 0 Å². The van der Waals surface area contributed by atoms with Crippen LogP contribution in [-0.4, -0.2) is 7.11 Å². The Balaban J connectivity index is 1.87. The molecule has 2 aromatic rings. The van der Waals surface area contributed by atoms with Gasteiger partial charge in [-0.3, -0.25) is 0 Å². The van der Waals surface area contributed by atoms with Gasteiger partial charge in [0.05, 0.1) is 18.8 Å². The molecule has 1 unspecified atom stereocenters. The minimum Gasteiger partial charge on any atom is -0.497 e. The van der Waals surface area contributed by atoms with E-state index >= 15 is 0 Å². The molecule has 1 atom stereocenters. The van der Waals surface area contributed by atoms with E-state index in [1.165, 1.54) is 11.1 Å². The topological polar surface area (TPSA) is 47.3 Å². The number of halogens is 1. The molecule has 0 fully saturated rings. The highest BCUT2D eigenvalue weighted by Crippen LogP contribution is 2.37. The Morgan fingerprint density at radius 2 is 2.10 bits per heavy atom. The number of hydrogen-bond acceptors (Lipinski definition) is 3. The van der Waals surface area contributed by atoms with Crippen LogP contribution in [0.3, 0.4) is 0 Å². The average Bonchev–Trinajstić information content (AvgIpc) is 2.83. The fourth-order valence-corrected chi connectivity index (χ4v) is 3.08. The van der Waals surface area contributed by atoms with Crippen LogP contribution in [0.4, 0.5) is 11.4 Å². The summed E-state index contributed by atoms with van der Waals surface area (Å²) >= 11 is 3.58. The summed E-state index contributed by atoms with van der Waals surface area (Å²) in [5.74, 6) is 0.853. The summed E-state index contributed by atoms with van der Waals surface area (Å²) in [5, 5.41) is 3.59. The van der Waals surface area contributed by atoms with E-state index in [1.54, 1.807) is 7.11 Å². The van der Waals surface area contributed by atoms with Gasteiger partial charge in [0, 0.05) is 16.2 Å². The SMILES string of the molecule is COc1ccc(Br)c(NC2CCc3cc(N)ccc32)c1. The molecular weight excluding hydrogens is 316 g/mol. The van der Waals surface area contributed by atoms with Gasteiger partial charge >= 0.3 is 0 Å². The van der Waals surface area contributed by atoms with Crippen molar-refractivity contribution in [3.8, 4) is 5.75 Å². The average molecular weight is 333 g/mol. The van der Waals surface area contributed by atoms with Crippen LogP contribution < -0.4 is 15.8 Å². The van der Waals surface area contributed by atoms with E-state index in [0.717, 1.165) is 34.4 Å². The molecule has 0 saturated carbocycles. The Labute approximate surface area is 127 Å². The van der Waals surface area contributed by atoms with Crippen LogP contribution >= 0.6 is 15.9 Å². The fraction of sp³-hybridized carbons (Fsp3) is 0.250. The predicted molar refractivity (Wildman–Crippen MR) is 86.2 cm³/mol. The molecule has 0 amide bonds. The summed E-state index contributed by atoms with van der Waals surface area (Å²) in [6.07, 6.45) is 2.15. The largest absolute Gasteiger partial charge is 0.497 e. The molecule has 104 valence electrons. The number of methoxy groups -OCH3 is 1. The van der Waals surface area contributed by atoms with Crippen molar-refractivity contribution in [3.63, 3.8) is 0 Å². The maximum absolute atomic E-state index is 5.85. The van der Waals surface area contributed by atoms with Gasteiger partial charge in [-0.1, -0.05) is 6.07 Å². The molecule has 3 N–H and O–H groups in total. The van der Waals surface area contributed by atoms with E-state index in [0.29, 0.717) is 6.04 Å². The van der Waals surface area contributed by atoms with Gasteiger partial charge in [0.1, 0.15) is 5.75 Å². The van der Waals surface area contributed by atoms with Crippen molar-refractivity contribution in [2.75, 3.05) is 18.2 Å². The number of fused-ring (bicyclic) bond motifs is 1. The number of nitrogen functional groups attached to an aromatic ring is 1. The highest BCUT2D eigenvalue weighted by molar-refractivity contribution is 9.10. The van der Waals surface area contributed by atoms with Gasteiger partial charge in [-0.2, -0.15) is 0 Å². The van der Waals surface area contributed by atoms with Gasteiger partial charge in [-0.05, 0) is 64.2 Å². The fourth-order valence-electron chi connectivity index (χ4n) is 2.72. The third-order valence-corrected chi connectivity index (χ3v) is 4.44. The quantitative estimate of drug-likeness (QED) is 0.830. The van der Waals surface area contributed by atoms with E-state index in [9.17, 15) is 0 Å². The Morgan fingerprint density at radius 1 is 1.25 bits per heavy atom. The van der Waals surface area contributed by atoms with Crippen LogP contribution in [0.15, 0.2) is 40.9 Å². The molecule has 3 rings (SSSR count). The third kappa shape index (κ3) is 2.48. The van der Waals surface area contributed by atoms with Crippen molar-refractivity contribution in [2.24, 2.45) is 0 Å². The zero-order chi connectivity index (χ0) is 14.1. The van der Waals surface area contributed by atoms with Gasteiger partial charge in [0.2, 0.25) is 0 Å². The molecule has 3 nitrogen and oxygen atoms in total. The normalized spacial score (nSPS) is 16.8. The molecule has 0 heterocycles. The summed E-state index contributed by atoms with van der Waals surface area (Å²) in [6.45, 7) is 0. The minimum absolute atomic E-state index is 0.328. The van der Waals surface area contributed by atoms with Crippen LogP contribution in [0.1, 0.15) is 23.6 Å². The molecule has 1 aliphatic carbocycles. The molecule has 0 saturated heterocycles. The number of anilines is 2. The highest BCUT2D eigenvalue weighted by Gasteiger charge is 2.22. The molecule has 0 aromatic heterocycles. The first-order valence-corrected chi connectivity index (χ1v) is 7.45. The number of benzene rings is 2. The lowest BCUT2D eigenvalue weighted by Gasteiger charge is -2.17. The number of hydrogen-bond donors (Lipinski definition) is 2. The molecule has 20 heavy (non-hydrogen) atoms. The van der Waals surface area contributed by atoms with Crippen molar-refractivity contribution in [2.45, 2.75) is 18.9 Å². The van der Waals surface area contributed by atoms with Crippen molar-refractivity contribution >= 4 is 27.3 Å². The maximum atomic E-state index is 5.85. The summed E-state index contributed by atoms with van der Waals surface area (Å²) < 4.78 is 6.33. The first-order valence-electron chi connectivity index (χ1n) is 6.66. The third-order valence-electron chi connectivity index (χ3n) is 3.75. The minimum atomic E-state index is 0.328. The molecule has 2 aromatic carbocycles. The second-order valence-corrected chi connectivity index (χ2v) is 5.89. The van der Waals surface area contributed by atoms with E-state index in [4.69, 9.17) is 10.5 Å². The number of nitrogens with one attached hydrogen (secondary N) is 1. The second-order valence-electron chi connectivity index (χ2n) is 5.04. The first-order chi connectivity index (χ1) is 9.67. The van der Waals surface area contributed by atoms with Crippen LogP contribution in [0, 0.1) is 0 Å². The lowest BCUT2D eigenvalue weighted by atomic mass is 10.1. The molecule has 1 aliphatic rings. The lowest BCUT2D eigenvalue weighted by molar-refractivity contribution is 0.415. The van der Waals surface area contributed by atoms with Crippen molar-refractivity contribution in [1.29, 1.82) is 0 Å². The van der Waals surface area contributed by atoms with E-state index in [2.05, 4.69) is 33.4 Å². The summed E-state index contributed by atoms with van der Waals surface area (Å²) in [5.41, 5.74) is 10.4. The van der Waals surface area contributed by atoms with Crippen LogP contribution in [0.2, 0.25) is 0 Å². The summed E-state index contributed by atoms with van der Waals surface area (Å²) in [6, 6.07) is 12.5. The Bertz CT molecular complexity index is 642. The maximum Gasteiger partial charge on any atom is 0.121 e. The Kier molecular flexibility index (Phi) is 3.57. The number of rotatable bonds is 3. The van der Waals surface area contributed by atoms with Gasteiger partial charge in [0.25, 0.3) is 0 Å². The first kappa shape index (κ1) is 13.3. The van der Waals surface area contributed by atoms with E-state index < -0.39 is 0 Å². The van der Waals surface area contributed by atoms with Crippen molar-refractivity contribution in [1.82, 2.24) is 0 Å². The molecule has 0 bridgehead atoms. The van der Waals surface area contributed by atoms with Crippen LogP contribution in [-0.2, 0) is 6.42 Å². The van der Waals surface area contributed by atoms with Gasteiger partial charge in [0.15, 0.2) is 0 Å². The monoisotopic (exact) mass is 332 g/mol. The van der Waals surface area contributed by atoms with Gasteiger partial charge < -0.3 is 15.8 Å².